The van der Waals surface area contributed by atoms with Crippen LogP contribution in [0.15, 0.2) is 0 Å². The average Bonchev–Trinajstić information content (AvgIpc) is 2.32. The van der Waals surface area contributed by atoms with Gasteiger partial charge in [0.15, 0.2) is 0 Å². The summed E-state index contributed by atoms with van der Waals surface area (Å²) < 4.78 is 0. The van der Waals surface area contributed by atoms with Gasteiger partial charge in [0.2, 0.25) is 0 Å². The summed E-state index contributed by atoms with van der Waals surface area (Å²) in [5.74, 6) is 6.65. The van der Waals surface area contributed by atoms with Gasteiger partial charge in [-0.2, -0.15) is 0 Å². The molecule has 0 aliphatic heterocycles. The van der Waals surface area contributed by atoms with E-state index in [9.17, 15) is 0 Å². The van der Waals surface area contributed by atoms with Crippen LogP contribution in [0.3, 0.4) is 0 Å². The molecular weight excluding hydrogens is 240 g/mol. The van der Waals surface area contributed by atoms with Crippen LogP contribution in [0.5, 0.6) is 0 Å². The van der Waals surface area contributed by atoms with Crippen molar-refractivity contribution in [1.29, 1.82) is 0 Å². The highest BCUT2D eigenvalue weighted by Gasteiger charge is 2.36. The van der Waals surface area contributed by atoms with Crippen LogP contribution < -0.4 is 0 Å². The molecular formula is C20H42. The summed E-state index contributed by atoms with van der Waals surface area (Å²) in [6.07, 6.45) is 2.69. The summed E-state index contributed by atoms with van der Waals surface area (Å²) in [7, 11) is 0. The fourth-order valence-corrected chi connectivity index (χ4v) is 4.49. The van der Waals surface area contributed by atoms with Crippen LogP contribution in [0.1, 0.15) is 82.1 Å². The minimum atomic E-state index is 0.793. The molecule has 0 fully saturated rings. The first kappa shape index (κ1) is 20.0. The van der Waals surface area contributed by atoms with Gasteiger partial charge in [-0.1, -0.05) is 75.7 Å². The van der Waals surface area contributed by atoms with Crippen molar-refractivity contribution < 1.29 is 0 Å². The van der Waals surface area contributed by atoms with Crippen LogP contribution in [0.4, 0.5) is 0 Å². The normalized spacial score (nSPS) is 20.2. The quantitative estimate of drug-likeness (QED) is 0.431. The largest absolute Gasteiger partial charge is 0.0651 e. The van der Waals surface area contributed by atoms with E-state index in [2.05, 4.69) is 69.2 Å². The molecule has 0 heteroatoms. The topological polar surface area (TPSA) is 0 Å². The summed E-state index contributed by atoms with van der Waals surface area (Å²) in [5, 5.41) is 0. The molecule has 0 aromatic heterocycles. The van der Waals surface area contributed by atoms with Crippen LogP contribution in [0.2, 0.25) is 0 Å². The van der Waals surface area contributed by atoms with Gasteiger partial charge in [0.05, 0.1) is 0 Å². The smallest absolute Gasteiger partial charge is 0.0329 e. The van der Waals surface area contributed by atoms with Gasteiger partial charge in [0.25, 0.3) is 0 Å². The van der Waals surface area contributed by atoms with Crippen molar-refractivity contribution in [3.63, 3.8) is 0 Å². The maximum absolute atomic E-state index is 2.52. The summed E-state index contributed by atoms with van der Waals surface area (Å²) in [6.45, 7) is 24.3. The third-order valence-electron chi connectivity index (χ3n) is 5.63. The van der Waals surface area contributed by atoms with Gasteiger partial charge in [-0.05, 0) is 53.8 Å². The Bertz CT molecular complexity index is 238. The second-order valence-electron chi connectivity index (χ2n) is 8.49. The zero-order chi connectivity index (χ0) is 16.0. The fourth-order valence-electron chi connectivity index (χ4n) is 4.49. The molecule has 122 valence electrons. The highest BCUT2D eigenvalue weighted by molar-refractivity contribution is 4.84. The number of hydrogen-bond donors (Lipinski definition) is 0. The van der Waals surface area contributed by atoms with E-state index in [1.54, 1.807) is 0 Å². The van der Waals surface area contributed by atoms with Gasteiger partial charge >= 0.3 is 0 Å². The van der Waals surface area contributed by atoms with Crippen LogP contribution >= 0.6 is 0 Å². The van der Waals surface area contributed by atoms with Gasteiger partial charge in [0.1, 0.15) is 0 Å². The highest BCUT2D eigenvalue weighted by Crippen LogP contribution is 2.42. The minimum absolute atomic E-state index is 0.793. The van der Waals surface area contributed by atoms with Gasteiger partial charge in [-0.3, -0.25) is 0 Å². The molecule has 0 heterocycles. The summed E-state index contributed by atoms with van der Waals surface area (Å²) in [5.41, 5.74) is 0. The number of hydrogen-bond acceptors (Lipinski definition) is 0. The maximum atomic E-state index is 2.52. The Morgan fingerprint density at radius 2 is 1.05 bits per heavy atom. The molecule has 0 saturated carbocycles. The zero-order valence-corrected chi connectivity index (χ0v) is 16.0. The third-order valence-corrected chi connectivity index (χ3v) is 5.63. The predicted octanol–water partition coefficient (Wildman–Crippen LogP) is 6.90. The van der Waals surface area contributed by atoms with E-state index >= 15 is 0 Å². The molecule has 5 unspecified atom stereocenters. The molecule has 0 aromatic rings. The van der Waals surface area contributed by atoms with Crippen molar-refractivity contribution in [3.05, 3.63) is 0 Å². The third kappa shape index (κ3) is 5.78. The lowest BCUT2D eigenvalue weighted by Gasteiger charge is -2.43. The zero-order valence-electron chi connectivity index (χ0n) is 16.0. The van der Waals surface area contributed by atoms with Crippen molar-refractivity contribution in [3.8, 4) is 0 Å². The first-order chi connectivity index (χ1) is 9.13. The van der Waals surface area contributed by atoms with E-state index in [1.165, 1.54) is 12.8 Å². The van der Waals surface area contributed by atoms with E-state index in [-0.39, 0.29) is 0 Å². The molecule has 0 aliphatic rings. The van der Waals surface area contributed by atoms with Gasteiger partial charge in [-0.25, -0.2) is 0 Å². The lowest BCUT2D eigenvalue weighted by Crippen LogP contribution is -2.37. The Labute approximate surface area is 130 Å². The molecule has 0 nitrogen and oxygen atoms in total. The van der Waals surface area contributed by atoms with E-state index in [4.69, 9.17) is 0 Å². The molecule has 0 bridgehead atoms. The Kier molecular flexibility index (Phi) is 9.11. The second kappa shape index (κ2) is 9.11. The SMILES string of the molecule is CCC(C)C(C(C)C)C(C(C)C)C(C)C(C)CC(C)C. The van der Waals surface area contributed by atoms with Crippen LogP contribution in [-0.4, -0.2) is 0 Å². The maximum Gasteiger partial charge on any atom is -0.0329 e. The summed E-state index contributed by atoms with van der Waals surface area (Å²) >= 11 is 0. The molecule has 0 rings (SSSR count). The van der Waals surface area contributed by atoms with Crippen molar-refractivity contribution in [1.82, 2.24) is 0 Å². The molecule has 0 N–H and O–H groups in total. The van der Waals surface area contributed by atoms with Crippen molar-refractivity contribution >= 4 is 0 Å². The molecule has 20 heavy (non-hydrogen) atoms. The van der Waals surface area contributed by atoms with Gasteiger partial charge < -0.3 is 0 Å². The van der Waals surface area contributed by atoms with Crippen molar-refractivity contribution in [2.45, 2.75) is 82.1 Å². The lowest BCUT2D eigenvalue weighted by atomic mass is 9.62. The molecule has 0 aliphatic carbocycles. The summed E-state index contributed by atoms with van der Waals surface area (Å²) in [6, 6.07) is 0. The molecule has 0 radical (unpaired) electrons. The standard InChI is InChI=1S/C20H42/c1-11-16(8)19(14(4)5)20(15(6)7)18(10)17(9)12-13(2)3/h13-20H,11-12H2,1-10H3. The molecule has 0 spiro atoms. The Morgan fingerprint density at radius 1 is 0.600 bits per heavy atom. The van der Waals surface area contributed by atoms with E-state index < -0.39 is 0 Å². The lowest BCUT2D eigenvalue weighted by molar-refractivity contribution is 0.0572. The van der Waals surface area contributed by atoms with Crippen molar-refractivity contribution in [2.24, 2.45) is 47.3 Å². The van der Waals surface area contributed by atoms with E-state index in [1.807, 2.05) is 0 Å². The molecule has 0 amide bonds. The average molecular weight is 283 g/mol. The monoisotopic (exact) mass is 282 g/mol. The fraction of sp³-hybridized carbons (Fsp3) is 1.00. The predicted molar refractivity (Wildman–Crippen MR) is 93.9 cm³/mol. The Balaban J connectivity index is 5.18. The second-order valence-corrected chi connectivity index (χ2v) is 8.49. The Hall–Kier alpha value is 0. The first-order valence-corrected chi connectivity index (χ1v) is 9.13. The van der Waals surface area contributed by atoms with Crippen LogP contribution in [0, 0.1) is 47.3 Å². The van der Waals surface area contributed by atoms with E-state index in [0.717, 1.165) is 47.3 Å². The van der Waals surface area contributed by atoms with Gasteiger partial charge in [-0.15, -0.1) is 0 Å². The molecule has 0 aromatic carbocycles. The van der Waals surface area contributed by atoms with Crippen LogP contribution in [-0.2, 0) is 0 Å². The van der Waals surface area contributed by atoms with Crippen LogP contribution in [0.25, 0.3) is 0 Å². The molecule has 5 atom stereocenters. The first-order valence-electron chi connectivity index (χ1n) is 9.13. The highest BCUT2D eigenvalue weighted by atomic mass is 14.4. The summed E-state index contributed by atoms with van der Waals surface area (Å²) in [4.78, 5) is 0. The minimum Gasteiger partial charge on any atom is -0.0651 e. The number of rotatable bonds is 9. The Morgan fingerprint density at radius 3 is 1.35 bits per heavy atom. The van der Waals surface area contributed by atoms with Gasteiger partial charge in [0, 0.05) is 0 Å². The molecule has 0 saturated heterocycles. The van der Waals surface area contributed by atoms with Crippen molar-refractivity contribution in [2.75, 3.05) is 0 Å². The van der Waals surface area contributed by atoms with E-state index in [0.29, 0.717) is 0 Å².